The Hall–Kier alpha value is -1.39. The summed E-state index contributed by atoms with van der Waals surface area (Å²) >= 11 is 1.72. The molecule has 0 amide bonds. The smallest absolute Gasteiger partial charge is 0.116 e. The van der Waals surface area contributed by atoms with Crippen molar-refractivity contribution in [2.75, 3.05) is 12.3 Å². The predicted octanol–water partition coefficient (Wildman–Crippen LogP) is 2.31. The molecule has 1 heterocycles. The Morgan fingerprint density at radius 2 is 2.00 bits per heavy atom. The maximum Gasteiger partial charge on any atom is 0.116 e. The summed E-state index contributed by atoms with van der Waals surface area (Å²) in [5, 5.41) is 0.995. The number of benzene rings is 1. The standard InChI is InChI=1S/C13H15N3S/c14-8-12(11-4-2-1-3-5-11)9-17-13-6-7-15-10-16-13/h1-7,10,12H,8-9,14H2. The van der Waals surface area contributed by atoms with Crippen molar-refractivity contribution < 1.29 is 0 Å². The van der Waals surface area contributed by atoms with E-state index in [1.807, 2.05) is 24.3 Å². The maximum atomic E-state index is 5.82. The van der Waals surface area contributed by atoms with E-state index in [0.29, 0.717) is 12.5 Å². The molecule has 0 saturated heterocycles. The van der Waals surface area contributed by atoms with Crippen molar-refractivity contribution >= 4 is 11.8 Å². The van der Waals surface area contributed by atoms with Crippen LogP contribution in [0.15, 0.2) is 53.9 Å². The molecule has 1 atom stereocenters. The molecule has 17 heavy (non-hydrogen) atoms. The lowest BCUT2D eigenvalue weighted by Gasteiger charge is -2.14. The van der Waals surface area contributed by atoms with E-state index in [9.17, 15) is 0 Å². The maximum absolute atomic E-state index is 5.82. The van der Waals surface area contributed by atoms with Gasteiger partial charge in [0.2, 0.25) is 0 Å². The highest BCUT2D eigenvalue weighted by molar-refractivity contribution is 7.99. The Labute approximate surface area is 105 Å². The number of nitrogens with two attached hydrogens (primary N) is 1. The van der Waals surface area contributed by atoms with Crippen LogP contribution in [0.1, 0.15) is 11.5 Å². The van der Waals surface area contributed by atoms with Gasteiger partial charge >= 0.3 is 0 Å². The van der Waals surface area contributed by atoms with E-state index >= 15 is 0 Å². The van der Waals surface area contributed by atoms with Gasteiger partial charge in [-0.1, -0.05) is 30.3 Å². The van der Waals surface area contributed by atoms with Crippen molar-refractivity contribution in [1.82, 2.24) is 9.97 Å². The number of aromatic nitrogens is 2. The first-order chi connectivity index (χ1) is 8.40. The summed E-state index contributed by atoms with van der Waals surface area (Å²) in [5.74, 6) is 1.31. The lowest BCUT2D eigenvalue weighted by molar-refractivity contribution is 0.784. The summed E-state index contributed by atoms with van der Waals surface area (Å²) in [4.78, 5) is 8.09. The highest BCUT2D eigenvalue weighted by atomic mass is 32.2. The average molecular weight is 245 g/mol. The average Bonchev–Trinajstić information content (AvgIpc) is 2.42. The van der Waals surface area contributed by atoms with Gasteiger partial charge in [-0.05, 0) is 18.2 Å². The van der Waals surface area contributed by atoms with Crippen LogP contribution in [0.2, 0.25) is 0 Å². The molecule has 1 unspecified atom stereocenters. The van der Waals surface area contributed by atoms with E-state index in [1.165, 1.54) is 5.56 Å². The lowest BCUT2D eigenvalue weighted by Crippen LogP contribution is -2.14. The third-order valence-corrected chi connectivity index (χ3v) is 3.65. The Morgan fingerprint density at radius 3 is 2.65 bits per heavy atom. The molecule has 2 rings (SSSR count). The van der Waals surface area contributed by atoms with Crippen molar-refractivity contribution in [3.8, 4) is 0 Å². The molecule has 0 saturated carbocycles. The molecule has 0 spiro atoms. The van der Waals surface area contributed by atoms with E-state index < -0.39 is 0 Å². The molecule has 4 heteroatoms. The summed E-state index contributed by atoms with van der Waals surface area (Å²) in [6.45, 7) is 0.655. The van der Waals surface area contributed by atoms with Gasteiger partial charge in [-0.2, -0.15) is 0 Å². The molecule has 0 aliphatic rings. The van der Waals surface area contributed by atoms with Crippen LogP contribution < -0.4 is 5.73 Å². The molecule has 1 aromatic heterocycles. The van der Waals surface area contributed by atoms with Gasteiger partial charge in [-0.3, -0.25) is 0 Å². The zero-order valence-corrected chi connectivity index (χ0v) is 10.3. The first-order valence-corrected chi connectivity index (χ1v) is 6.52. The van der Waals surface area contributed by atoms with Gasteiger partial charge in [0.1, 0.15) is 6.33 Å². The summed E-state index contributed by atoms with van der Waals surface area (Å²) in [6, 6.07) is 12.3. The molecule has 1 aromatic carbocycles. The van der Waals surface area contributed by atoms with Gasteiger partial charge in [0, 0.05) is 17.9 Å². The van der Waals surface area contributed by atoms with E-state index in [2.05, 4.69) is 22.1 Å². The first-order valence-electron chi connectivity index (χ1n) is 5.54. The summed E-state index contributed by atoms with van der Waals surface area (Å²) in [5.41, 5.74) is 7.11. The number of hydrogen-bond donors (Lipinski definition) is 1. The van der Waals surface area contributed by atoms with Crippen molar-refractivity contribution in [3.05, 3.63) is 54.5 Å². The zero-order valence-electron chi connectivity index (χ0n) is 9.49. The van der Waals surface area contributed by atoms with Crippen LogP contribution in [0.5, 0.6) is 0 Å². The SMILES string of the molecule is NCC(CSc1ccncn1)c1ccccc1. The normalized spacial score (nSPS) is 12.3. The van der Waals surface area contributed by atoms with Gasteiger partial charge in [0.15, 0.2) is 0 Å². The molecule has 88 valence electrons. The molecule has 0 aliphatic carbocycles. The third-order valence-electron chi connectivity index (χ3n) is 2.54. The van der Waals surface area contributed by atoms with E-state index in [4.69, 9.17) is 5.73 Å². The third kappa shape index (κ3) is 3.54. The van der Waals surface area contributed by atoms with Crippen molar-refractivity contribution in [3.63, 3.8) is 0 Å². The predicted molar refractivity (Wildman–Crippen MR) is 71.0 cm³/mol. The van der Waals surface area contributed by atoms with E-state index in [-0.39, 0.29) is 0 Å². The van der Waals surface area contributed by atoms with Crippen molar-refractivity contribution in [2.45, 2.75) is 10.9 Å². The molecule has 0 radical (unpaired) electrons. The second-order valence-electron chi connectivity index (χ2n) is 3.70. The molecule has 0 aliphatic heterocycles. The summed E-state index contributed by atoms with van der Waals surface area (Å²) in [6.07, 6.45) is 3.33. The number of rotatable bonds is 5. The number of hydrogen-bond acceptors (Lipinski definition) is 4. The molecular formula is C13H15N3S. The van der Waals surface area contributed by atoms with Crippen LogP contribution in [0, 0.1) is 0 Å². The molecule has 2 N–H and O–H groups in total. The Morgan fingerprint density at radius 1 is 1.18 bits per heavy atom. The van der Waals surface area contributed by atoms with Crippen LogP contribution in [0.3, 0.4) is 0 Å². The fourth-order valence-electron chi connectivity index (χ4n) is 1.58. The lowest BCUT2D eigenvalue weighted by atomic mass is 10.0. The Bertz CT molecular complexity index is 433. The topological polar surface area (TPSA) is 51.8 Å². The Balaban J connectivity index is 1.97. The van der Waals surface area contributed by atoms with E-state index in [1.54, 1.807) is 24.3 Å². The summed E-state index contributed by atoms with van der Waals surface area (Å²) in [7, 11) is 0. The first kappa shape index (κ1) is 12.1. The fraction of sp³-hybridized carbons (Fsp3) is 0.231. The minimum Gasteiger partial charge on any atom is -0.330 e. The molecule has 0 bridgehead atoms. The number of thioether (sulfide) groups is 1. The second-order valence-corrected chi connectivity index (χ2v) is 4.74. The quantitative estimate of drug-likeness (QED) is 0.649. The van der Waals surface area contributed by atoms with Gasteiger partial charge in [-0.15, -0.1) is 11.8 Å². The van der Waals surface area contributed by atoms with Crippen LogP contribution in [0.4, 0.5) is 0 Å². The van der Waals surface area contributed by atoms with Gasteiger partial charge in [0.25, 0.3) is 0 Å². The molecular weight excluding hydrogens is 230 g/mol. The highest BCUT2D eigenvalue weighted by Crippen LogP contribution is 2.23. The molecule has 3 nitrogen and oxygen atoms in total. The van der Waals surface area contributed by atoms with Crippen LogP contribution in [0.25, 0.3) is 0 Å². The Kier molecular flexibility index (Phi) is 4.53. The monoisotopic (exact) mass is 245 g/mol. The van der Waals surface area contributed by atoms with Crippen LogP contribution in [-0.2, 0) is 0 Å². The van der Waals surface area contributed by atoms with Gasteiger partial charge in [-0.25, -0.2) is 9.97 Å². The van der Waals surface area contributed by atoms with E-state index in [0.717, 1.165) is 10.8 Å². The van der Waals surface area contributed by atoms with Crippen LogP contribution in [-0.4, -0.2) is 22.3 Å². The minimum absolute atomic E-state index is 0.371. The molecule has 0 fully saturated rings. The van der Waals surface area contributed by atoms with Crippen molar-refractivity contribution in [1.29, 1.82) is 0 Å². The summed E-state index contributed by atoms with van der Waals surface area (Å²) < 4.78 is 0. The zero-order chi connectivity index (χ0) is 11.9. The minimum atomic E-state index is 0.371. The largest absolute Gasteiger partial charge is 0.330 e. The van der Waals surface area contributed by atoms with Gasteiger partial charge in [0.05, 0.1) is 5.03 Å². The fourth-order valence-corrected chi connectivity index (χ4v) is 2.55. The van der Waals surface area contributed by atoms with Gasteiger partial charge < -0.3 is 5.73 Å². The second kappa shape index (κ2) is 6.37. The molecule has 2 aromatic rings. The van der Waals surface area contributed by atoms with Crippen LogP contribution >= 0.6 is 11.8 Å². The number of nitrogens with zero attached hydrogens (tertiary/aromatic N) is 2. The highest BCUT2D eigenvalue weighted by Gasteiger charge is 2.09. The van der Waals surface area contributed by atoms with Crippen molar-refractivity contribution in [2.24, 2.45) is 5.73 Å².